The van der Waals surface area contributed by atoms with Crippen LogP contribution in [0.4, 0.5) is 0 Å². The van der Waals surface area contributed by atoms with Crippen molar-refractivity contribution in [1.29, 1.82) is 0 Å². The first kappa shape index (κ1) is 18.8. The molecule has 2 rings (SSSR count). The number of aryl methyl sites for hydroxylation is 2. The van der Waals surface area contributed by atoms with Gasteiger partial charge in [0.1, 0.15) is 0 Å². The number of hydrogen-bond acceptors (Lipinski definition) is 2. The van der Waals surface area contributed by atoms with Gasteiger partial charge < -0.3 is 10.6 Å². The smallest absolute Gasteiger partial charge is 0.191 e. The molecule has 5 nitrogen and oxygen atoms in total. The Kier molecular flexibility index (Phi) is 8.13. The number of hydrogen-bond donors (Lipinski definition) is 2. The quantitative estimate of drug-likeness (QED) is 0.436. The van der Waals surface area contributed by atoms with Crippen LogP contribution >= 0.6 is 0 Å². The third-order valence-corrected chi connectivity index (χ3v) is 5.03. The van der Waals surface area contributed by atoms with Crippen LogP contribution < -0.4 is 10.6 Å². The van der Waals surface area contributed by atoms with Gasteiger partial charge >= 0.3 is 0 Å². The van der Waals surface area contributed by atoms with Crippen LogP contribution in [0.3, 0.4) is 0 Å². The summed E-state index contributed by atoms with van der Waals surface area (Å²) in [4.78, 5) is 4.35. The number of nitrogens with zero attached hydrogens (tertiary/aromatic N) is 3. The molecule has 136 valence electrons. The monoisotopic (exact) mass is 333 g/mol. The highest BCUT2D eigenvalue weighted by molar-refractivity contribution is 5.79. The largest absolute Gasteiger partial charge is 0.356 e. The first-order valence-electron chi connectivity index (χ1n) is 9.62. The first-order valence-corrected chi connectivity index (χ1v) is 9.62. The van der Waals surface area contributed by atoms with E-state index in [9.17, 15) is 0 Å². The lowest BCUT2D eigenvalue weighted by Gasteiger charge is -2.24. The Morgan fingerprint density at radius 2 is 2.17 bits per heavy atom. The van der Waals surface area contributed by atoms with Gasteiger partial charge in [0.15, 0.2) is 5.96 Å². The van der Waals surface area contributed by atoms with Crippen molar-refractivity contribution in [2.24, 2.45) is 18.0 Å². The molecule has 1 fully saturated rings. The summed E-state index contributed by atoms with van der Waals surface area (Å²) in [5, 5.41) is 11.2. The van der Waals surface area contributed by atoms with Gasteiger partial charge in [-0.15, -0.1) is 0 Å². The highest BCUT2D eigenvalue weighted by Crippen LogP contribution is 2.27. The van der Waals surface area contributed by atoms with Crippen LogP contribution in [0.1, 0.15) is 63.9 Å². The van der Waals surface area contributed by atoms with Crippen molar-refractivity contribution in [3.8, 4) is 0 Å². The van der Waals surface area contributed by atoms with Crippen LogP contribution in [-0.2, 0) is 13.5 Å². The maximum Gasteiger partial charge on any atom is 0.191 e. The molecule has 1 heterocycles. The summed E-state index contributed by atoms with van der Waals surface area (Å²) in [5.74, 6) is 1.88. The number of aliphatic imine (C=N–C) groups is 1. The van der Waals surface area contributed by atoms with Gasteiger partial charge in [-0.2, -0.15) is 5.10 Å². The van der Waals surface area contributed by atoms with Gasteiger partial charge in [-0.3, -0.25) is 9.67 Å². The van der Waals surface area contributed by atoms with Crippen LogP contribution in [-0.4, -0.2) is 35.4 Å². The molecular formula is C19H35N5. The van der Waals surface area contributed by atoms with E-state index < -0.39 is 0 Å². The Morgan fingerprint density at radius 3 is 2.83 bits per heavy atom. The zero-order valence-corrected chi connectivity index (χ0v) is 15.7. The lowest BCUT2D eigenvalue weighted by atomic mass is 9.85. The van der Waals surface area contributed by atoms with Crippen molar-refractivity contribution in [2.75, 3.05) is 13.6 Å². The highest BCUT2D eigenvalue weighted by atomic mass is 15.2. The molecule has 1 aliphatic rings. The molecule has 1 unspecified atom stereocenters. The van der Waals surface area contributed by atoms with E-state index in [4.69, 9.17) is 0 Å². The molecule has 1 aromatic heterocycles. The second kappa shape index (κ2) is 10.4. The lowest BCUT2D eigenvalue weighted by molar-refractivity contribution is 0.322. The van der Waals surface area contributed by atoms with Crippen LogP contribution in [0.25, 0.3) is 0 Å². The van der Waals surface area contributed by atoms with Crippen molar-refractivity contribution in [3.05, 3.63) is 18.0 Å². The van der Waals surface area contributed by atoms with Gasteiger partial charge in [-0.25, -0.2) is 0 Å². The summed E-state index contributed by atoms with van der Waals surface area (Å²) in [5.41, 5.74) is 1.29. The van der Waals surface area contributed by atoms with E-state index in [1.165, 1.54) is 50.5 Å². The van der Waals surface area contributed by atoms with Gasteiger partial charge in [0.2, 0.25) is 0 Å². The fourth-order valence-electron chi connectivity index (χ4n) is 3.56. The topological polar surface area (TPSA) is 54.2 Å². The summed E-state index contributed by atoms with van der Waals surface area (Å²) in [7, 11) is 3.81. The van der Waals surface area contributed by atoms with Crippen LogP contribution in [0.15, 0.2) is 17.4 Å². The van der Waals surface area contributed by atoms with E-state index >= 15 is 0 Å². The maximum atomic E-state index is 4.35. The summed E-state index contributed by atoms with van der Waals surface area (Å²) < 4.78 is 1.86. The number of nitrogens with one attached hydrogen (secondary N) is 2. The minimum absolute atomic E-state index is 0.483. The molecule has 5 heteroatoms. The molecule has 1 aromatic rings. The van der Waals surface area contributed by atoms with E-state index in [2.05, 4.69) is 33.8 Å². The van der Waals surface area contributed by atoms with Crippen LogP contribution in [0, 0.1) is 5.92 Å². The second-order valence-corrected chi connectivity index (χ2v) is 7.25. The lowest BCUT2D eigenvalue weighted by Crippen LogP contribution is -2.42. The summed E-state index contributed by atoms with van der Waals surface area (Å²) in [6, 6.07) is 0.483. The molecule has 0 bridgehead atoms. The van der Waals surface area contributed by atoms with Gasteiger partial charge in [0.05, 0.1) is 6.20 Å². The van der Waals surface area contributed by atoms with Gasteiger partial charge in [0.25, 0.3) is 0 Å². The fourth-order valence-corrected chi connectivity index (χ4v) is 3.56. The number of guanidine groups is 1. The molecule has 24 heavy (non-hydrogen) atoms. The zero-order chi connectivity index (χ0) is 17.2. The number of rotatable bonds is 8. The fraction of sp³-hybridized carbons (Fsp3) is 0.789. The van der Waals surface area contributed by atoms with Crippen molar-refractivity contribution in [3.63, 3.8) is 0 Å². The average Bonchev–Trinajstić information content (AvgIpc) is 3.02. The van der Waals surface area contributed by atoms with E-state index in [0.717, 1.165) is 31.3 Å². The molecule has 1 saturated carbocycles. The standard InChI is InChI=1S/C19H35N5/c1-16(11-12-17-8-5-4-6-9-17)23-19(20-2)21-13-7-10-18-14-22-24(3)15-18/h14-17H,4-13H2,1-3H3,(H2,20,21,23). The van der Waals surface area contributed by atoms with Gasteiger partial charge in [-0.05, 0) is 44.1 Å². The Labute approximate surface area is 147 Å². The van der Waals surface area contributed by atoms with E-state index in [1.54, 1.807) is 0 Å². The first-order chi connectivity index (χ1) is 11.7. The number of aromatic nitrogens is 2. The van der Waals surface area contributed by atoms with E-state index in [-0.39, 0.29) is 0 Å². The second-order valence-electron chi connectivity index (χ2n) is 7.25. The SMILES string of the molecule is CN=C(NCCCc1cnn(C)c1)NC(C)CCC1CCCCC1. The van der Waals surface area contributed by atoms with Crippen molar-refractivity contribution in [2.45, 2.75) is 70.8 Å². The van der Waals surface area contributed by atoms with Gasteiger partial charge in [0, 0.05) is 32.9 Å². The summed E-state index contributed by atoms with van der Waals surface area (Å²) in [6.45, 7) is 3.20. The molecule has 0 amide bonds. The highest BCUT2D eigenvalue weighted by Gasteiger charge is 2.14. The van der Waals surface area contributed by atoms with Crippen LogP contribution in [0.5, 0.6) is 0 Å². The Morgan fingerprint density at radius 1 is 1.38 bits per heavy atom. The summed E-state index contributed by atoms with van der Waals surface area (Å²) in [6.07, 6.45) is 16.0. The molecule has 2 N–H and O–H groups in total. The third kappa shape index (κ3) is 6.93. The zero-order valence-electron chi connectivity index (χ0n) is 15.7. The normalized spacial score (nSPS) is 17.7. The Bertz CT molecular complexity index is 488. The minimum atomic E-state index is 0.483. The van der Waals surface area contributed by atoms with E-state index in [0.29, 0.717) is 6.04 Å². The molecule has 1 aliphatic carbocycles. The predicted molar refractivity (Wildman–Crippen MR) is 101 cm³/mol. The average molecular weight is 334 g/mol. The molecule has 0 saturated heterocycles. The molecule has 0 radical (unpaired) electrons. The van der Waals surface area contributed by atoms with E-state index in [1.807, 2.05) is 25.0 Å². The Balaban J connectivity index is 1.58. The maximum absolute atomic E-state index is 4.35. The van der Waals surface area contributed by atoms with Crippen LogP contribution in [0.2, 0.25) is 0 Å². The molecule has 1 atom stereocenters. The molecule has 0 spiro atoms. The molecule has 0 aliphatic heterocycles. The summed E-state index contributed by atoms with van der Waals surface area (Å²) >= 11 is 0. The van der Waals surface area contributed by atoms with Crippen molar-refractivity contribution < 1.29 is 0 Å². The van der Waals surface area contributed by atoms with Crippen molar-refractivity contribution >= 4 is 5.96 Å². The minimum Gasteiger partial charge on any atom is -0.356 e. The van der Waals surface area contributed by atoms with Gasteiger partial charge in [-0.1, -0.05) is 32.1 Å². The van der Waals surface area contributed by atoms with Crippen molar-refractivity contribution in [1.82, 2.24) is 20.4 Å². The third-order valence-electron chi connectivity index (χ3n) is 5.03. The molecular weight excluding hydrogens is 298 g/mol. The molecule has 0 aromatic carbocycles. The predicted octanol–water partition coefficient (Wildman–Crippen LogP) is 3.27. The Hall–Kier alpha value is -1.52.